The van der Waals surface area contributed by atoms with Crippen molar-refractivity contribution >= 4 is 42.4 Å². The maximum atomic E-state index is 11.8. The molecule has 19 heavy (non-hydrogen) atoms. The molecule has 0 fully saturated rings. The quantitative estimate of drug-likeness (QED) is 0.888. The van der Waals surface area contributed by atoms with Crippen LogP contribution in [0.25, 0.3) is 10.1 Å². The number of sulfonamides is 1. The lowest BCUT2D eigenvalue weighted by molar-refractivity contribution is -0.136. The van der Waals surface area contributed by atoms with Gasteiger partial charge in [0.2, 0.25) is 10.0 Å². The highest BCUT2D eigenvalue weighted by molar-refractivity contribution is 7.92. The molecule has 0 bridgehead atoms. The molecular formula is C12H13NO4S2. The molecule has 2 rings (SSSR count). The van der Waals surface area contributed by atoms with Crippen molar-refractivity contribution in [1.29, 1.82) is 0 Å². The van der Waals surface area contributed by atoms with Gasteiger partial charge in [0.05, 0.1) is 12.2 Å². The van der Waals surface area contributed by atoms with Crippen LogP contribution in [0.1, 0.15) is 12.0 Å². The number of fused-ring (bicyclic) bond motifs is 1. The van der Waals surface area contributed by atoms with Crippen LogP contribution >= 0.6 is 11.3 Å². The van der Waals surface area contributed by atoms with E-state index >= 15 is 0 Å². The van der Waals surface area contributed by atoms with E-state index in [0.717, 1.165) is 15.6 Å². The zero-order valence-electron chi connectivity index (χ0n) is 10.2. The molecule has 1 aromatic carbocycles. The van der Waals surface area contributed by atoms with Crippen molar-refractivity contribution in [3.05, 3.63) is 29.8 Å². The van der Waals surface area contributed by atoms with Crippen molar-refractivity contribution in [2.45, 2.75) is 13.3 Å². The number of carboxylic acids is 1. The number of thiophene rings is 1. The van der Waals surface area contributed by atoms with Crippen LogP contribution in [0.4, 0.5) is 5.00 Å². The smallest absolute Gasteiger partial charge is 0.304 e. The molecule has 7 heteroatoms. The van der Waals surface area contributed by atoms with Gasteiger partial charge in [0.25, 0.3) is 0 Å². The van der Waals surface area contributed by atoms with E-state index in [1.165, 1.54) is 11.3 Å². The van der Waals surface area contributed by atoms with Crippen LogP contribution in [0.2, 0.25) is 0 Å². The topological polar surface area (TPSA) is 83.5 Å². The molecular weight excluding hydrogens is 286 g/mol. The van der Waals surface area contributed by atoms with Crippen LogP contribution < -0.4 is 4.72 Å². The third kappa shape index (κ3) is 3.24. The summed E-state index contributed by atoms with van der Waals surface area (Å²) in [5.41, 5.74) is 0.861. The summed E-state index contributed by atoms with van der Waals surface area (Å²) in [7, 11) is -3.62. The molecule has 2 aromatic rings. The van der Waals surface area contributed by atoms with Gasteiger partial charge < -0.3 is 5.11 Å². The van der Waals surface area contributed by atoms with Gasteiger partial charge in [-0.3, -0.25) is 9.52 Å². The first kappa shape index (κ1) is 13.8. The summed E-state index contributed by atoms with van der Waals surface area (Å²) in [5.74, 6) is -1.55. The number of rotatable bonds is 5. The van der Waals surface area contributed by atoms with Crippen LogP contribution in [0.5, 0.6) is 0 Å². The SMILES string of the molecule is Cc1c(NS(=O)(=O)CCC(=O)O)sc2ccccc12. The van der Waals surface area contributed by atoms with E-state index in [2.05, 4.69) is 4.72 Å². The Balaban J connectivity index is 2.26. The summed E-state index contributed by atoms with van der Waals surface area (Å²) in [5, 5.41) is 10.1. The van der Waals surface area contributed by atoms with Gasteiger partial charge in [0.15, 0.2) is 0 Å². The first-order chi connectivity index (χ1) is 8.89. The number of carboxylic acid groups (broad SMARTS) is 1. The molecule has 0 saturated carbocycles. The Morgan fingerprint density at radius 3 is 2.68 bits per heavy atom. The van der Waals surface area contributed by atoms with Gasteiger partial charge in [-0.1, -0.05) is 18.2 Å². The predicted octanol–water partition coefficient (Wildman–Crippen LogP) is 2.43. The lowest BCUT2D eigenvalue weighted by Gasteiger charge is -2.05. The highest BCUT2D eigenvalue weighted by Gasteiger charge is 2.16. The minimum absolute atomic E-state index is 0.403. The Labute approximate surface area is 114 Å². The van der Waals surface area contributed by atoms with E-state index in [1.54, 1.807) is 0 Å². The minimum Gasteiger partial charge on any atom is -0.481 e. The van der Waals surface area contributed by atoms with Crippen molar-refractivity contribution < 1.29 is 18.3 Å². The van der Waals surface area contributed by atoms with Crippen LogP contribution in [-0.4, -0.2) is 25.2 Å². The maximum Gasteiger partial charge on any atom is 0.304 e. The maximum absolute atomic E-state index is 11.8. The molecule has 0 radical (unpaired) electrons. The van der Waals surface area contributed by atoms with Crippen molar-refractivity contribution in [2.75, 3.05) is 10.5 Å². The third-order valence-electron chi connectivity index (χ3n) is 2.68. The molecule has 0 saturated heterocycles. The van der Waals surface area contributed by atoms with Crippen molar-refractivity contribution in [3.8, 4) is 0 Å². The van der Waals surface area contributed by atoms with E-state index in [9.17, 15) is 13.2 Å². The van der Waals surface area contributed by atoms with Gasteiger partial charge >= 0.3 is 5.97 Å². The molecule has 1 aromatic heterocycles. The normalized spacial score (nSPS) is 11.6. The zero-order chi connectivity index (χ0) is 14.0. The Bertz CT molecular complexity index is 718. The van der Waals surface area contributed by atoms with Crippen molar-refractivity contribution in [3.63, 3.8) is 0 Å². The van der Waals surface area contributed by atoms with E-state index in [-0.39, 0.29) is 0 Å². The second-order valence-corrected chi connectivity index (χ2v) is 7.01. The summed E-state index contributed by atoms with van der Waals surface area (Å²) in [4.78, 5) is 10.4. The number of aliphatic carboxylic acids is 1. The summed E-state index contributed by atoms with van der Waals surface area (Å²) >= 11 is 1.35. The molecule has 0 aliphatic rings. The summed E-state index contributed by atoms with van der Waals surface area (Å²) in [6.07, 6.45) is -0.403. The number of nitrogens with one attached hydrogen (secondary N) is 1. The first-order valence-corrected chi connectivity index (χ1v) is 8.06. The molecule has 1 heterocycles. The second kappa shape index (κ2) is 5.18. The third-order valence-corrected chi connectivity index (χ3v) is 5.25. The average Bonchev–Trinajstić information content (AvgIpc) is 2.64. The Morgan fingerprint density at radius 2 is 2.05 bits per heavy atom. The van der Waals surface area contributed by atoms with Crippen molar-refractivity contribution in [1.82, 2.24) is 0 Å². The summed E-state index contributed by atoms with van der Waals surface area (Å²) in [6, 6.07) is 7.63. The number of carbonyl (C=O) groups is 1. The molecule has 2 N–H and O–H groups in total. The van der Waals surface area contributed by atoms with E-state index in [1.807, 2.05) is 31.2 Å². The lowest BCUT2D eigenvalue weighted by Crippen LogP contribution is -2.18. The zero-order valence-corrected chi connectivity index (χ0v) is 11.8. The number of hydrogen-bond acceptors (Lipinski definition) is 4. The van der Waals surface area contributed by atoms with Crippen LogP contribution in [0, 0.1) is 6.92 Å². The summed E-state index contributed by atoms with van der Waals surface area (Å²) < 4.78 is 27.0. The van der Waals surface area contributed by atoms with Gasteiger partial charge in [0, 0.05) is 4.70 Å². The molecule has 0 atom stereocenters. The Hall–Kier alpha value is -1.60. The fourth-order valence-electron chi connectivity index (χ4n) is 1.69. The van der Waals surface area contributed by atoms with E-state index in [4.69, 9.17) is 5.11 Å². The lowest BCUT2D eigenvalue weighted by atomic mass is 10.2. The Morgan fingerprint density at radius 1 is 1.37 bits per heavy atom. The second-order valence-electron chi connectivity index (χ2n) is 4.12. The molecule has 0 aliphatic heterocycles. The molecule has 0 amide bonds. The van der Waals surface area contributed by atoms with Crippen LogP contribution in [0.15, 0.2) is 24.3 Å². The van der Waals surface area contributed by atoms with Gasteiger partial charge in [0.1, 0.15) is 5.00 Å². The number of aryl methyl sites for hydroxylation is 1. The van der Waals surface area contributed by atoms with Crippen LogP contribution in [0.3, 0.4) is 0 Å². The first-order valence-electron chi connectivity index (χ1n) is 5.59. The molecule has 5 nitrogen and oxygen atoms in total. The van der Waals surface area contributed by atoms with Gasteiger partial charge in [-0.05, 0) is 23.9 Å². The van der Waals surface area contributed by atoms with Crippen LogP contribution in [-0.2, 0) is 14.8 Å². The number of benzene rings is 1. The standard InChI is InChI=1S/C12H13NO4S2/c1-8-9-4-2-3-5-10(9)18-12(8)13-19(16,17)7-6-11(14)15/h2-5,13H,6-7H2,1H3,(H,14,15). The van der Waals surface area contributed by atoms with E-state index < -0.39 is 28.2 Å². The van der Waals surface area contributed by atoms with Crippen molar-refractivity contribution in [2.24, 2.45) is 0 Å². The molecule has 0 spiro atoms. The number of anilines is 1. The number of hydrogen-bond donors (Lipinski definition) is 2. The monoisotopic (exact) mass is 299 g/mol. The predicted molar refractivity (Wildman–Crippen MR) is 76.2 cm³/mol. The Kier molecular flexibility index (Phi) is 3.77. The highest BCUT2D eigenvalue weighted by atomic mass is 32.2. The van der Waals surface area contributed by atoms with Gasteiger partial charge in [-0.25, -0.2) is 8.42 Å². The van der Waals surface area contributed by atoms with Gasteiger partial charge in [-0.2, -0.15) is 0 Å². The average molecular weight is 299 g/mol. The highest BCUT2D eigenvalue weighted by Crippen LogP contribution is 2.35. The molecule has 0 aliphatic carbocycles. The molecule has 0 unspecified atom stereocenters. The largest absolute Gasteiger partial charge is 0.481 e. The fourth-order valence-corrected chi connectivity index (χ4v) is 4.17. The summed E-state index contributed by atoms with van der Waals surface area (Å²) in [6.45, 7) is 1.84. The van der Waals surface area contributed by atoms with Gasteiger partial charge in [-0.15, -0.1) is 11.3 Å². The fraction of sp³-hybridized carbons (Fsp3) is 0.250. The molecule has 102 valence electrons. The van der Waals surface area contributed by atoms with E-state index in [0.29, 0.717) is 5.00 Å². The minimum atomic E-state index is -3.62.